The molecule has 2 N–H and O–H groups in total. The lowest BCUT2D eigenvalue weighted by atomic mass is 10.1. The molecule has 2 rings (SSSR count). The molecule has 0 saturated carbocycles. The highest BCUT2D eigenvalue weighted by Crippen LogP contribution is 2.07. The van der Waals surface area contributed by atoms with E-state index in [1.165, 1.54) is 0 Å². The fourth-order valence-corrected chi connectivity index (χ4v) is 1.44. The van der Waals surface area contributed by atoms with Gasteiger partial charge in [-0.2, -0.15) is 5.21 Å². The second-order valence-electron chi connectivity index (χ2n) is 3.14. The van der Waals surface area contributed by atoms with E-state index in [9.17, 15) is 4.79 Å². The zero-order chi connectivity index (χ0) is 9.97. The molecule has 1 aromatic heterocycles. The summed E-state index contributed by atoms with van der Waals surface area (Å²) in [6.45, 7) is 4.30. The van der Waals surface area contributed by atoms with Gasteiger partial charge >= 0.3 is 0 Å². The van der Waals surface area contributed by atoms with Gasteiger partial charge in [0.15, 0.2) is 0 Å². The third-order valence-corrected chi connectivity index (χ3v) is 2.34. The Morgan fingerprint density at radius 1 is 1.64 bits per heavy atom. The number of nitrogens with zero attached hydrogens (tertiary/aromatic N) is 4. The number of H-pyrrole nitrogens is 1. The molecule has 0 atom stereocenters. The fraction of sp³-hybridized carbons (Fsp3) is 0.714. The first-order chi connectivity index (χ1) is 6.83. The second-order valence-corrected chi connectivity index (χ2v) is 3.14. The minimum Gasteiger partial charge on any atom is -0.331 e. The SMILES string of the molecule is CCN(C(=O)c1nn[nH]n1)C1CNC1. The average molecular weight is 196 g/mol. The first-order valence-corrected chi connectivity index (χ1v) is 4.58. The van der Waals surface area contributed by atoms with Crippen LogP contribution in [-0.4, -0.2) is 57.1 Å². The molecular weight excluding hydrogens is 184 g/mol. The Balaban J connectivity index is 2.08. The van der Waals surface area contributed by atoms with Gasteiger partial charge in [0, 0.05) is 19.6 Å². The van der Waals surface area contributed by atoms with Crippen molar-refractivity contribution < 1.29 is 4.79 Å². The Morgan fingerprint density at radius 3 is 2.86 bits per heavy atom. The molecule has 76 valence electrons. The quantitative estimate of drug-likeness (QED) is 0.623. The second kappa shape index (κ2) is 3.70. The molecule has 7 heteroatoms. The van der Waals surface area contributed by atoms with Crippen molar-refractivity contribution in [2.45, 2.75) is 13.0 Å². The number of amides is 1. The Morgan fingerprint density at radius 2 is 2.43 bits per heavy atom. The number of carbonyl (C=O) groups excluding carboxylic acids is 1. The van der Waals surface area contributed by atoms with E-state index in [4.69, 9.17) is 0 Å². The highest BCUT2D eigenvalue weighted by Gasteiger charge is 2.29. The predicted octanol–water partition coefficient (Wildman–Crippen LogP) is -1.37. The Bertz CT molecular complexity index is 306. The van der Waals surface area contributed by atoms with Crippen LogP contribution >= 0.6 is 0 Å². The number of tetrazole rings is 1. The number of nitrogens with one attached hydrogen (secondary N) is 2. The van der Waals surface area contributed by atoms with Crippen LogP contribution in [0.4, 0.5) is 0 Å². The number of aromatic nitrogens is 4. The molecule has 14 heavy (non-hydrogen) atoms. The zero-order valence-corrected chi connectivity index (χ0v) is 7.90. The van der Waals surface area contributed by atoms with E-state index < -0.39 is 0 Å². The maximum atomic E-state index is 11.8. The molecule has 1 amide bonds. The van der Waals surface area contributed by atoms with E-state index in [0.717, 1.165) is 13.1 Å². The van der Waals surface area contributed by atoms with Gasteiger partial charge in [0.25, 0.3) is 11.7 Å². The fourth-order valence-electron chi connectivity index (χ4n) is 1.44. The highest BCUT2D eigenvalue weighted by atomic mass is 16.2. The third kappa shape index (κ3) is 1.46. The summed E-state index contributed by atoms with van der Waals surface area (Å²) >= 11 is 0. The van der Waals surface area contributed by atoms with E-state index in [-0.39, 0.29) is 17.8 Å². The maximum Gasteiger partial charge on any atom is 0.295 e. The molecule has 0 aromatic carbocycles. The zero-order valence-electron chi connectivity index (χ0n) is 7.90. The van der Waals surface area contributed by atoms with Gasteiger partial charge in [-0.15, -0.1) is 10.2 Å². The topological polar surface area (TPSA) is 86.8 Å². The molecule has 1 saturated heterocycles. The number of carbonyl (C=O) groups is 1. The van der Waals surface area contributed by atoms with Gasteiger partial charge in [0.1, 0.15) is 0 Å². The van der Waals surface area contributed by atoms with Gasteiger partial charge in [0.2, 0.25) is 0 Å². The van der Waals surface area contributed by atoms with Gasteiger partial charge in [-0.05, 0) is 12.1 Å². The van der Waals surface area contributed by atoms with E-state index in [1.54, 1.807) is 4.90 Å². The van der Waals surface area contributed by atoms with Crippen LogP contribution in [0.2, 0.25) is 0 Å². The maximum absolute atomic E-state index is 11.8. The van der Waals surface area contributed by atoms with Crippen LogP contribution in [0.3, 0.4) is 0 Å². The van der Waals surface area contributed by atoms with Crippen LogP contribution in [0.1, 0.15) is 17.5 Å². The van der Waals surface area contributed by atoms with Crippen molar-refractivity contribution in [3.8, 4) is 0 Å². The molecule has 0 aliphatic carbocycles. The predicted molar refractivity (Wildman–Crippen MR) is 47.5 cm³/mol. The Kier molecular flexibility index (Phi) is 2.40. The highest BCUT2D eigenvalue weighted by molar-refractivity contribution is 5.90. The monoisotopic (exact) mass is 196 g/mol. The normalized spacial score (nSPS) is 16.4. The van der Waals surface area contributed by atoms with Crippen molar-refractivity contribution in [1.29, 1.82) is 0 Å². The van der Waals surface area contributed by atoms with Gasteiger partial charge in [-0.3, -0.25) is 4.79 Å². The van der Waals surface area contributed by atoms with Crippen molar-refractivity contribution in [1.82, 2.24) is 30.8 Å². The van der Waals surface area contributed by atoms with Gasteiger partial charge in [0.05, 0.1) is 6.04 Å². The summed E-state index contributed by atoms with van der Waals surface area (Å²) in [5.74, 6) is -0.0218. The minimum absolute atomic E-state index is 0.138. The standard InChI is InChI=1S/C7H12N6O/c1-2-13(5-3-8-4-5)7(14)6-9-11-12-10-6/h5,8H,2-4H2,1H3,(H,9,10,11,12). The van der Waals surface area contributed by atoms with Crippen LogP contribution < -0.4 is 5.32 Å². The number of likely N-dealkylation sites (N-methyl/N-ethyl adjacent to an activating group) is 1. The summed E-state index contributed by atoms with van der Waals surface area (Å²) in [4.78, 5) is 13.5. The third-order valence-electron chi connectivity index (χ3n) is 2.34. The smallest absolute Gasteiger partial charge is 0.295 e. The van der Waals surface area contributed by atoms with Crippen molar-refractivity contribution in [3.05, 3.63) is 5.82 Å². The van der Waals surface area contributed by atoms with Gasteiger partial charge < -0.3 is 10.2 Å². The molecule has 1 aliphatic rings. The average Bonchev–Trinajstić information content (AvgIpc) is 2.62. The molecular formula is C7H12N6O. The Hall–Kier alpha value is -1.50. The molecule has 1 fully saturated rings. The van der Waals surface area contributed by atoms with Crippen LogP contribution in [0.15, 0.2) is 0 Å². The Labute approximate surface area is 80.9 Å². The lowest BCUT2D eigenvalue weighted by molar-refractivity contribution is 0.0617. The first-order valence-electron chi connectivity index (χ1n) is 4.58. The van der Waals surface area contributed by atoms with Crippen molar-refractivity contribution >= 4 is 5.91 Å². The van der Waals surface area contributed by atoms with E-state index in [1.807, 2.05) is 6.92 Å². The molecule has 2 heterocycles. The number of rotatable bonds is 3. The van der Waals surface area contributed by atoms with Crippen molar-refractivity contribution in [2.75, 3.05) is 19.6 Å². The molecule has 0 radical (unpaired) electrons. The van der Waals surface area contributed by atoms with Crippen LogP contribution in [0.5, 0.6) is 0 Å². The van der Waals surface area contributed by atoms with E-state index in [2.05, 4.69) is 25.9 Å². The van der Waals surface area contributed by atoms with Crippen molar-refractivity contribution in [2.24, 2.45) is 0 Å². The summed E-state index contributed by atoms with van der Waals surface area (Å²) < 4.78 is 0. The summed E-state index contributed by atoms with van der Waals surface area (Å²) in [5, 5.41) is 16.1. The number of hydrogen-bond donors (Lipinski definition) is 2. The summed E-state index contributed by atoms with van der Waals surface area (Å²) in [6.07, 6.45) is 0. The number of aromatic amines is 1. The van der Waals surface area contributed by atoms with Gasteiger partial charge in [-0.25, -0.2) is 0 Å². The van der Waals surface area contributed by atoms with E-state index in [0.29, 0.717) is 6.54 Å². The summed E-state index contributed by atoms with van der Waals surface area (Å²) in [6, 6.07) is 0.269. The molecule has 1 aromatic rings. The molecule has 7 nitrogen and oxygen atoms in total. The molecule has 0 unspecified atom stereocenters. The molecule has 0 spiro atoms. The van der Waals surface area contributed by atoms with Crippen molar-refractivity contribution in [3.63, 3.8) is 0 Å². The largest absolute Gasteiger partial charge is 0.331 e. The minimum atomic E-state index is -0.159. The van der Waals surface area contributed by atoms with Gasteiger partial charge in [-0.1, -0.05) is 0 Å². The first kappa shape index (κ1) is 9.07. The number of hydrogen-bond acceptors (Lipinski definition) is 5. The lowest BCUT2D eigenvalue weighted by Gasteiger charge is -2.36. The van der Waals surface area contributed by atoms with Crippen LogP contribution in [0.25, 0.3) is 0 Å². The molecule has 0 bridgehead atoms. The van der Waals surface area contributed by atoms with Crippen LogP contribution in [-0.2, 0) is 0 Å². The lowest BCUT2D eigenvalue weighted by Crippen LogP contribution is -2.58. The molecule has 1 aliphatic heterocycles. The van der Waals surface area contributed by atoms with E-state index >= 15 is 0 Å². The summed E-state index contributed by atoms with van der Waals surface area (Å²) in [5.41, 5.74) is 0. The summed E-state index contributed by atoms with van der Waals surface area (Å²) in [7, 11) is 0. The van der Waals surface area contributed by atoms with Crippen LogP contribution in [0, 0.1) is 0 Å².